The second-order valence-corrected chi connectivity index (χ2v) is 11.8. The quantitative estimate of drug-likeness (QED) is 0.626. The monoisotopic (exact) mass is 499 g/mol. The topological polar surface area (TPSA) is 95.1 Å². The van der Waals surface area contributed by atoms with Gasteiger partial charge in [-0.2, -0.15) is 8.61 Å². The molecule has 0 spiro atoms. The van der Waals surface area contributed by atoms with Gasteiger partial charge in [-0.1, -0.05) is 0 Å². The Morgan fingerprint density at radius 1 is 0.727 bits per heavy atom. The fourth-order valence-electron chi connectivity index (χ4n) is 3.98. The lowest BCUT2D eigenvalue weighted by Crippen LogP contribution is -2.50. The second-order valence-electron chi connectivity index (χ2n) is 7.91. The first-order chi connectivity index (χ1) is 15.6. The molecule has 2 saturated heterocycles. The van der Waals surface area contributed by atoms with Crippen LogP contribution in [0.3, 0.4) is 0 Å². The molecule has 2 aliphatic heterocycles. The van der Waals surface area contributed by atoms with Crippen LogP contribution in [0, 0.1) is 11.6 Å². The molecule has 12 heteroatoms. The lowest BCUT2D eigenvalue weighted by Gasteiger charge is -2.34. The Kier molecular flexibility index (Phi) is 6.54. The molecule has 8 nitrogen and oxygen atoms in total. The summed E-state index contributed by atoms with van der Waals surface area (Å²) in [6, 6.07) is 7.91. The van der Waals surface area contributed by atoms with Gasteiger partial charge in [0.2, 0.25) is 20.0 Å². The fourth-order valence-corrected chi connectivity index (χ4v) is 6.99. The van der Waals surface area contributed by atoms with Crippen molar-refractivity contribution in [2.45, 2.75) is 22.6 Å². The van der Waals surface area contributed by atoms with E-state index >= 15 is 0 Å². The third-order valence-electron chi connectivity index (χ3n) is 5.84. The van der Waals surface area contributed by atoms with Crippen molar-refractivity contribution in [1.29, 1.82) is 0 Å². The summed E-state index contributed by atoms with van der Waals surface area (Å²) in [5.41, 5.74) is 0.280. The third-order valence-corrected chi connectivity index (χ3v) is 9.67. The number of hydrogen-bond acceptors (Lipinski definition) is 5. The minimum Gasteiger partial charge on any atom is -0.336 e. The molecule has 2 fully saturated rings. The Bertz CT molecular complexity index is 1250. The number of benzene rings is 2. The van der Waals surface area contributed by atoms with Crippen LogP contribution in [0.4, 0.5) is 8.78 Å². The smallest absolute Gasteiger partial charge is 0.253 e. The highest BCUT2D eigenvalue weighted by atomic mass is 32.2. The molecule has 1 amide bonds. The van der Waals surface area contributed by atoms with Gasteiger partial charge >= 0.3 is 0 Å². The van der Waals surface area contributed by atoms with Crippen molar-refractivity contribution < 1.29 is 30.4 Å². The fraction of sp³-hybridized carbons (Fsp3) is 0.381. The van der Waals surface area contributed by atoms with Crippen molar-refractivity contribution in [3.8, 4) is 0 Å². The largest absolute Gasteiger partial charge is 0.336 e. The van der Waals surface area contributed by atoms with Gasteiger partial charge in [-0.15, -0.1) is 0 Å². The summed E-state index contributed by atoms with van der Waals surface area (Å²) in [6.07, 6.45) is 1.65. The van der Waals surface area contributed by atoms with E-state index in [9.17, 15) is 30.4 Å². The maximum absolute atomic E-state index is 14.0. The average Bonchev–Trinajstić information content (AvgIpc) is 3.36. The molecule has 0 aromatic heterocycles. The molecule has 0 aliphatic carbocycles. The van der Waals surface area contributed by atoms with Crippen LogP contribution in [0.5, 0.6) is 0 Å². The van der Waals surface area contributed by atoms with Crippen LogP contribution < -0.4 is 0 Å². The summed E-state index contributed by atoms with van der Waals surface area (Å²) in [5, 5.41) is 0. The summed E-state index contributed by atoms with van der Waals surface area (Å²) in [6.45, 7) is 0.925. The molecule has 33 heavy (non-hydrogen) atoms. The summed E-state index contributed by atoms with van der Waals surface area (Å²) in [7, 11) is -7.84. The van der Waals surface area contributed by atoms with Crippen molar-refractivity contribution in [3.63, 3.8) is 0 Å². The van der Waals surface area contributed by atoms with E-state index in [-0.39, 0.29) is 42.5 Å². The number of amides is 1. The first-order valence-corrected chi connectivity index (χ1v) is 13.3. The van der Waals surface area contributed by atoms with E-state index in [0.717, 1.165) is 29.3 Å². The van der Waals surface area contributed by atoms with Crippen LogP contribution in [0.1, 0.15) is 23.2 Å². The van der Waals surface area contributed by atoms with Gasteiger partial charge in [-0.25, -0.2) is 25.6 Å². The summed E-state index contributed by atoms with van der Waals surface area (Å²) >= 11 is 0. The van der Waals surface area contributed by atoms with Crippen LogP contribution >= 0.6 is 0 Å². The molecule has 178 valence electrons. The Morgan fingerprint density at radius 3 is 1.91 bits per heavy atom. The predicted molar refractivity (Wildman–Crippen MR) is 115 cm³/mol. The van der Waals surface area contributed by atoms with E-state index in [1.54, 1.807) is 0 Å². The van der Waals surface area contributed by atoms with Crippen molar-refractivity contribution in [2.75, 3.05) is 39.3 Å². The number of rotatable bonds is 5. The van der Waals surface area contributed by atoms with Gasteiger partial charge in [0, 0.05) is 44.8 Å². The Labute approximate surface area is 191 Å². The molecule has 0 unspecified atom stereocenters. The van der Waals surface area contributed by atoms with Gasteiger partial charge in [-0.3, -0.25) is 4.79 Å². The number of carbonyl (C=O) groups is 1. The van der Waals surface area contributed by atoms with Crippen molar-refractivity contribution in [3.05, 3.63) is 59.7 Å². The number of nitrogens with zero attached hydrogens (tertiary/aromatic N) is 3. The van der Waals surface area contributed by atoms with Crippen LogP contribution in [0.2, 0.25) is 0 Å². The molecule has 0 saturated carbocycles. The third kappa shape index (κ3) is 4.65. The Hall–Kier alpha value is -2.41. The SMILES string of the molecule is O=C(c1ccc(S(=O)(=O)N2CCCC2)cc1)N1CCN(S(=O)(=O)c2cc(F)ccc2F)CC1. The molecule has 0 radical (unpaired) electrons. The highest BCUT2D eigenvalue weighted by Gasteiger charge is 2.33. The van der Waals surface area contributed by atoms with E-state index in [2.05, 4.69) is 0 Å². The zero-order valence-corrected chi connectivity index (χ0v) is 19.3. The molecule has 0 atom stereocenters. The van der Waals surface area contributed by atoms with E-state index in [1.807, 2.05) is 0 Å². The van der Waals surface area contributed by atoms with Gasteiger partial charge in [0.15, 0.2) is 0 Å². The molecule has 4 rings (SSSR count). The van der Waals surface area contributed by atoms with Crippen LogP contribution in [-0.2, 0) is 20.0 Å². The summed E-state index contributed by atoms with van der Waals surface area (Å²) < 4.78 is 80.5. The van der Waals surface area contributed by atoms with E-state index in [4.69, 9.17) is 0 Å². The van der Waals surface area contributed by atoms with Gasteiger partial charge in [0.1, 0.15) is 16.5 Å². The van der Waals surface area contributed by atoms with Crippen LogP contribution in [0.15, 0.2) is 52.3 Å². The number of carbonyl (C=O) groups excluding carboxylic acids is 1. The lowest BCUT2D eigenvalue weighted by molar-refractivity contribution is 0.0697. The minimum atomic E-state index is -4.25. The molecule has 0 bridgehead atoms. The number of sulfonamides is 2. The van der Waals surface area contributed by atoms with Crippen molar-refractivity contribution >= 4 is 26.0 Å². The van der Waals surface area contributed by atoms with Gasteiger partial charge in [-0.05, 0) is 55.3 Å². The Morgan fingerprint density at radius 2 is 1.30 bits per heavy atom. The molecule has 0 N–H and O–H groups in total. The molecular weight excluding hydrogens is 476 g/mol. The second kappa shape index (κ2) is 9.09. The molecule has 2 aromatic rings. The highest BCUT2D eigenvalue weighted by molar-refractivity contribution is 7.89. The van der Waals surface area contributed by atoms with Crippen molar-refractivity contribution in [1.82, 2.24) is 13.5 Å². The normalized spacial score (nSPS) is 18.5. The first-order valence-electron chi connectivity index (χ1n) is 10.5. The molecular formula is C21H23F2N3O5S2. The Balaban J connectivity index is 1.43. The van der Waals surface area contributed by atoms with E-state index in [1.165, 1.54) is 33.5 Å². The summed E-state index contributed by atoms with van der Waals surface area (Å²) in [5.74, 6) is -2.27. The summed E-state index contributed by atoms with van der Waals surface area (Å²) in [4.78, 5) is 13.7. The van der Waals surface area contributed by atoms with Gasteiger partial charge in [0.05, 0.1) is 4.90 Å². The standard InChI is InChI=1S/C21H23F2N3O5S2/c22-17-5-8-19(23)20(15-17)33(30,31)26-13-11-24(12-14-26)21(27)16-3-6-18(7-4-16)32(28,29)25-9-1-2-10-25/h3-8,15H,1-2,9-14H2. The predicted octanol–water partition coefficient (Wildman–Crippen LogP) is 1.90. The average molecular weight is 500 g/mol. The van der Waals surface area contributed by atoms with Crippen LogP contribution in [0.25, 0.3) is 0 Å². The molecule has 2 aliphatic rings. The minimum absolute atomic E-state index is 0.0584. The zero-order chi connectivity index (χ0) is 23.8. The lowest BCUT2D eigenvalue weighted by atomic mass is 10.2. The number of halogens is 2. The van der Waals surface area contributed by atoms with Crippen LogP contribution in [-0.4, -0.2) is 75.5 Å². The maximum atomic E-state index is 14.0. The zero-order valence-electron chi connectivity index (χ0n) is 17.7. The number of hydrogen-bond donors (Lipinski definition) is 0. The van der Waals surface area contributed by atoms with E-state index < -0.39 is 36.6 Å². The van der Waals surface area contributed by atoms with Gasteiger partial charge in [0.25, 0.3) is 5.91 Å². The highest BCUT2D eigenvalue weighted by Crippen LogP contribution is 2.24. The van der Waals surface area contributed by atoms with E-state index in [0.29, 0.717) is 19.2 Å². The van der Waals surface area contributed by atoms with Gasteiger partial charge < -0.3 is 4.90 Å². The maximum Gasteiger partial charge on any atom is 0.253 e. The van der Waals surface area contributed by atoms with Crippen molar-refractivity contribution in [2.24, 2.45) is 0 Å². The molecule has 2 aromatic carbocycles. The number of piperazine rings is 1. The molecule has 2 heterocycles. The first kappa shape index (κ1) is 23.7.